The number of guanidine groups is 1. The molecule has 0 radical (unpaired) electrons. The number of hydrogen-bond donors (Lipinski definition) is 3. The van der Waals surface area contributed by atoms with Crippen molar-refractivity contribution in [3.63, 3.8) is 0 Å². The summed E-state index contributed by atoms with van der Waals surface area (Å²) < 4.78 is 0. The number of H-pyrrole nitrogens is 1. The highest BCUT2D eigenvalue weighted by molar-refractivity contribution is 14.0. The van der Waals surface area contributed by atoms with Gasteiger partial charge in [0.1, 0.15) is 12.4 Å². The van der Waals surface area contributed by atoms with Gasteiger partial charge in [-0.1, -0.05) is 37.3 Å². The number of aromatic amines is 1. The minimum atomic E-state index is 0. The first-order valence-corrected chi connectivity index (χ1v) is 9.84. The molecule has 1 aromatic carbocycles. The quantitative estimate of drug-likeness (QED) is 0.255. The van der Waals surface area contributed by atoms with Crippen molar-refractivity contribution in [3.8, 4) is 11.3 Å². The number of imidazole rings is 1. The van der Waals surface area contributed by atoms with Crippen LogP contribution in [0.5, 0.6) is 0 Å². The van der Waals surface area contributed by atoms with Crippen LogP contribution in [-0.2, 0) is 6.54 Å². The van der Waals surface area contributed by atoms with E-state index >= 15 is 0 Å². The molecule has 0 aliphatic carbocycles. The Morgan fingerprint density at radius 1 is 1.22 bits per heavy atom. The summed E-state index contributed by atoms with van der Waals surface area (Å²) in [5.74, 6) is 2.11. The van der Waals surface area contributed by atoms with Crippen molar-refractivity contribution in [1.29, 1.82) is 0 Å². The molecule has 2 heterocycles. The molecule has 3 aromatic rings. The number of halogens is 1. The predicted octanol–water partition coefficient (Wildman–Crippen LogP) is 4.62. The van der Waals surface area contributed by atoms with Gasteiger partial charge in [-0.05, 0) is 40.8 Å². The molecule has 1 unspecified atom stereocenters. The van der Waals surface area contributed by atoms with E-state index in [9.17, 15) is 0 Å². The molecule has 0 bridgehead atoms. The lowest BCUT2D eigenvalue weighted by atomic mass is 10.1. The third kappa shape index (κ3) is 6.35. The van der Waals surface area contributed by atoms with Crippen molar-refractivity contribution < 1.29 is 0 Å². The Kier molecular flexibility index (Phi) is 8.80. The topological polar surface area (TPSA) is 65.1 Å². The first kappa shape index (κ1) is 21.4. The molecular weight excluding hydrogens is 469 g/mol. The normalized spacial score (nSPS) is 12.3. The summed E-state index contributed by atoms with van der Waals surface area (Å²) in [5, 5.41) is 11.0. The van der Waals surface area contributed by atoms with Gasteiger partial charge >= 0.3 is 0 Å². The number of nitrogens with zero attached hydrogens (tertiary/aromatic N) is 2. The van der Waals surface area contributed by atoms with Crippen molar-refractivity contribution in [2.75, 3.05) is 13.1 Å². The molecule has 0 aliphatic heterocycles. The molecule has 0 fully saturated rings. The fourth-order valence-corrected chi connectivity index (χ4v) is 3.41. The predicted molar refractivity (Wildman–Crippen MR) is 125 cm³/mol. The van der Waals surface area contributed by atoms with E-state index in [1.807, 2.05) is 24.4 Å². The molecule has 3 rings (SSSR count). The van der Waals surface area contributed by atoms with Crippen LogP contribution in [0.1, 0.15) is 31.2 Å². The maximum absolute atomic E-state index is 4.65. The molecule has 0 saturated carbocycles. The van der Waals surface area contributed by atoms with Gasteiger partial charge in [0.25, 0.3) is 0 Å². The van der Waals surface area contributed by atoms with Crippen molar-refractivity contribution in [2.24, 2.45) is 4.99 Å². The Bertz CT molecular complexity index is 814. The van der Waals surface area contributed by atoms with E-state index in [1.165, 1.54) is 5.56 Å². The fourth-order valence-electron chi connectivity index (χ4n) is 2.63. The molecule has 1 atom stereocenters. The van der Waals surface area contributed by atoms with E-state index in [2.05, 4.69) is 68.4 Å². The molecule has 0 amide bonds. The Balaban J connectivity index is 0.00000261. The van der Waals surface area contributed by atoms with Crippen LogP contribution >= 0.6 is 35.3 Å². The number of thiophene rings is 1. The monoisotopic (exact) mass is 495 g/mol. The lowest BCUT2D eigenvalue weighted by molar-refractivity contribution is 0.700. The summed E-state index contributed by atoms with van der Waals surface area (Å²) in [7, 11) is 0. The van der Waals surface area contributed by atoms with Gasteiger partial charge in [-0.3, -0.25) is 0 Å². The zero-order valence-electron chi connectivity index (χ0n) is 15.6. The van der Waals surface area contributed by atoms with Gasteiger partial charge in [-0.15, -0.1) is 24.0 Å². The summed E-state index contributed by atoms with van der Waals surface area (Å²) in [6, 6.07) is 12.4. The van der Waals surface area contributed by atoms with Crippen LogP contribution in [-0.4, -0.2) is 29.0 Å². The highest BCUT2D eigenvalue weighted by Gasteiger charge is 2.07. The van der Waals surface area contributed by atoms with Crippen LogP contribution in [0.3, 0.4) is 0 Å². The smallest absolute Gasteiger partial charge is 0.191 e. The summed E-state index contributed by atoms with van der Waals surface area (Å²) in [4.78, 5) is 12.4. The van der Waals surface area contributed by atoms with Crippen LogP contribution in [0.4, 0.5) is 0 Å². The second-order valence-electron chi connectivity index (χ2n) is 6.14. The van der Waals surface area contributed by atoms with E-state index in [-0.39, 0.29) is 24.0 Å². The second kappa shape index (κ2) is 11.1. The summed E-state index contributed by atoms with van der Waals surface area (Å²) in [6.07, 6.45) is 1.86. The number of benzene rings is 1. The Labute approximate surface area is 181 Å². The van der Waals surface area contributed by atoms with Gasteiger partial charge in [0.15, 0.2) is 5.96 Å². The molecule has 3 N–H and O–H groups in total. The van der Waals surface area contributed by atoms with Crippen molar-refractivity contribution in [2.45, 2.75) is 26.3 Å². The van der Waals surface area contributed by atoms with E-state index in [0.717, 1.165) is 36.1 Å². The van der Waals surface area contributed by atoms with Crippen LogP contribution in [0.2, 0.25) is 0 Å². The van der Waals surface area contributed by atoms with Crippen molar-refractivity contribution in [3.05, 3.63) is 64.7 Å². The third-order valence-electron chi connectivity index (χ3n) is 4.13. The van der Waals surface area contributed by atoms with Gasteiger partial charge in [0, 0.05) is 13.1 Å². The number of nitrogens with one attached hydrogen (secondary N) is 3. The Morgan fingerprint density at radius 3 is 2.74 bits per heavy atom. The number of hydrogen-bond acceptors (Lipinski definition) is 3. The maximum atomic E-state index is 4.65. The van der Waals surface area contributed by atoms with Crippen molar-refractivity contribution in [1.82, 2.24) is 20.6 Å². The van der Waals surface area contributed by atoms with E-state index in [0.29, 0.717) is 12.5 Å². The molecule has 5 nitrogen and oxygen atoms in total. The molecular formula is C20H26IN5S. The number of rotatable bonds is 7. The standard InChI is InChI=1S/C20H25N5S.HI/c1-3-21-20(23-11-15(2)17-9-10-26-14-17)24-13-19-22-12-18(25-19)16-7-5-4-6-8-16;/h4-10,12,14-15H,3,11,13H2,1-2H3,(H,22,25)(H2,21,23,24);1H. The SMILES string of the molecule is CCNC(=NCc1ncc(-c2ccccc2)[nH]1)NCC(C)c1ccsc1.I. The second-order valence-corrected chi connectivity index (χ2v) is 6.92. The highest BCUT2D eigenvalue weighted by atomic mass is 127. The van der Waals surface area contributed by atoms with Gasteiger partial charge in [0.2, 0.25) is 0 Å². The largest absolute Gasteiger partial charge is 0.357 e. The minimum absolute atomic E-state index is 0. The van der Waals surface area contributed by atoms with Crippen LogP contribution in [0.25, 0.3) is 11.3 Å². The highest BCUT2D eigenvalue weighted by Crippen LogP contribution is 2.17. The average molecular weight is 495 g/mol. The van der Waals surface area contributed by atoms with Gasteiger partial charge < -0.3 is 15.6 Å². The molecule has 27 heavy (non-hydrogen) atoms. The number of aliphatic imine (C=N–C) groups is 1. The first-order chi connectivity index (χ1) is 12.8. The van der Waals surface area contributed by atoms with E-state index < -0.39 is 0 Å². The lowest BCUT2D eigenvalue weighted by Gasteiger charge is -2.15. The summed E-state index contributed by atoms with van der Waals surface area (Å²) in [6.45, 7) is 6.47. The molecule has 7 heteroatoms. The van der Waals surface area contributed by atoms with E-state index in [1.54, 1.807) is 11.3 Å². The molecule has 144 valence electrons. The number of aromatic nitrogens is 2. The lowest BCUT2D eigenvalue weighted by Crippen LogP contribution is -2.39. The average Bonchev–Trinajstić information content (AvgIpc) is 3.36. The molecule has 0 aliphatic rings. The Hall–Kier alpha value is -1.87. The zero-order chi connectivity index (χ0) is 18.2. The molecule has 2 aromatic heterocycles. The molecule has 0 spiro atoms. The van der Waals surface area contributed by atoms with Crippen molar-refractivity contribution >= 4 is 41.3 Å². The summed E-state index contributed by atoms with van der Waals surface area (Å²) >= 11 is 1.73. The molecule has 0 saturated heterocycles. The fraction of sp³-hybridized carbons (Fsp3) is 0.300. The van der Waals surface area contributed by atoms with E-state index in [4.69, 9.17) is 0 Å². The minimum Gasteiger partial charge on any atom is -0.357 e. The maximum Gasteiger partial charge on any atom is 0.191 e. The van der Waals surface area contributed by atoms with Crippen LogP contribution < -0.4 is 10.6 Å². The summed E-state index contributed by atoms with van der Waals surface area (Å²) in [5.41, 5.74) is 3.50. The van der Waals surface area contributed by atoms with Gasteiger partial charge in [0.05, 0.1) is 11.9 Å². The Morgan fingerprint density at radius 2 is 2.04 bits per heavy atom. The first-order valence-electron chi connectivity index (χ1n) is 8.90. The van der Waals surface area contributed by atoms with Gasteiger partial charge in [-0.25, -0.2) is 9.98 Å². The van der Waals surface area contributed by atoms with Gasteiger partial charge in [-0.2, -0.15) is 11.3 Å². The van der Waals surface area contributed by atoms with Crippen LogP contribution in [0.15, 0.2) is 58.3 Å². The van der Waals surface area contributed by atoms with Crippen LogP contribution in [0, 0.1) is 0 Å². The zero-order valence-corrected chi connectivity index (χ0v) is 18.8. The third-order valence-corrected chi connectivity index (χ3v) is 4.83.